The average Bonchev–Trinajstić information content (AvgIpc) is 2.71. The summed E-state index contributed by atoms with van der Waals surface area (Å²) in [5, 5.41) is 0. The number of nitrogens with two attached hydrogens (primary N) is 2. The van der Waals surface area contributed by atoms with Gasteiger partial charge in [-0.15, -0.1) is 0 Å². The van der Waals surface area contributed by atoms with Gasteiger partial charge in [-0.1, -0.05) is 0 Å². The number of aromatic amines is 1. The number of nitrogens with zero attached hydrogens (tertiary/aromatic N) is 2. The third-order valence-electron chi connectivity index (χ3n) is 2.62. The molecule has 0 atom stereocenters. The van der Waals surface area contributed by atoms with E-state index in [1.54, 1.807) is 24.3 Å². The molecule has 1 aromatic carbocycles. The van der Waals surface area contributed by atoms with Gasteiger partial charge in [0.2, 0.25) is 0 Å². The molecule has 0 bridgehead atoms. The van der Waals surface area contributed by atoms with Crippen molar-refractivity contribution in [3.05, 3.63) is 36.1 Å². The van der Waals surface area contributed by atoms with Crippen LogP contribution in [0.4, 0.5) is 15.9 Å². The van der Waals surface area contributed by atoms with Crippen molar-refractivity contribution in [2.45, 2.75) is 0 Å². The van der Waals surface area contributed by atoms with Gasteiger partial charge < -0.3 is 16.5 Å². The Morgan fingerprint density at radius 2 is 1.89 bits per heavy atom. The molecule has 0 spiro atoms. The molecule has 6 heteroatoms. The van der Waals surface area contributed by atoms with Crippen molar-refractivity contribution in [1.82, 2.24) is 15.0 Å². The zero-order valence-corrected chi connectivity index (χ0v) is 9.31. The smallest absolute Gasteiger partial charge is 0.180 e. The molecule has 3 aromatic rings. The van der Waals surface area contributed by atoms with E-state index in [1.165, 1.54) is 6.07 Å². The highest BCUT2D eigenvalue weighted by Gasteiger charge is 2.11. The Bertz CT molecular complexity index is 734. The lowest BCUT2D eigenvalue weighted by molar-refractivity contribution is 0.631. The monoisotopic (exact) mass is 243 g/mol. The molecule has 0 saturated carbocycles. The first kappa shape index (κ1) is 10.5. The van der Waals surface area contributed by atoms with E-state index in [0.717, 1.165) is 0 Å². The van der Waals surface area contributed by atoms with Crippen LogP contribution in [0.25, 0.3) is 22.6 Å². The van der Waals surface area contributed by atoms with Gasteiger partial charge in [-0.25, -0.2) is 14.4 Å². The van der Waals surface area contributed by atoms with E-state index in [9.17, 15) is 4.39 Å². The molecule has 0 aliphatic rings. The molecule has 90 valence electrons. The lowest BCUT2D eigenvalue weighted by Gasteiger charge is -1.99. The van der Waals surface area contributed by atoms with Crippen LogP contribution in [0.2, 0.25) is 0 Å². The first-order valence-electron chi connectivity index (χ1n) is 5.31. The summed E-state index contributed by atoms with van der Waals surface area (Å²) < 4.78 is 13.8. The number of fused-ring (bicyclic) bond motifs is 1. The second-order valence-corrected chi connectivity index (χ2v) is 3.93. The summed E-state index contributed by atoms with van der Waals surface area (Å²) in [4.78, 5) is 11.3. The molecule has 0 radical (unpaired) electrons. The molecule has 0 aliphatic carbocycles. The Labute approximate surface area is 102 Å². The van der Waals surface area contributed by atoms with Crippen molar-refractivity contribution in [2.24, 2.45) is 0 Å². The van der Waals surface area contributed by atoms with Crippen LogP contribution in [-0.4, -0.2) is 15.0 Å². The van der Waals surface area contributed by atoms with Crippen LogP contribution in [0.15, 0.2) is 30.3 Å². The predicted molar refractivity (Wildman–Crippen MR) is 68.1 cm³/mol. The van der Waals surface area contributed by atoms with Crippen LogP contribution < -0.4 is 11.5 Å². The number of hydrogen-bond acceptors (Lipinski definition) is 4. The van der Waals surface area contributed by atoms with Crippen molar-refractivity contribution in [3.8, 4) is 11.4 Å². The molecular weight excluding hydrogens is 233 g/mol. The molecule has 0 fully saturated rings. The average molecular weight is 243 g/mol. The van der Waals surface area contributed by atoms with E-state index in [0.29, 0.717) is 34.1 Å². The summed E-state index contributed by atoms with van der Waals surface area (Å²) in [6.45, 7) is 0. The summed E-state index contributed by atoms with van der Waals surface area (Å²) >= 11 is 0. The van der Waals surface area contributed by atoms with Crippen molar-refractivity contribution in [1.29, 1.82) is 0 Å². The van der Waals surface area contributed by atoms with Gasteiger partial charge in [-0.2, -0.15) is 0 Å². The van der Waals surface area contributed by atoms with Gasteiger partial charge in [-0.05, 0) is 30.3 Å². The van der Waals surface area contributed by atoms with Gasteiger partial charge in [0.15, 0.2) is 5.65 Å². The van der Waals surface area contributed by atoms with Gasteiger partial charge in [-0.3, -0.25) is 0 Å². The van der Waals surface area contributed by atoms with Crippen molar-refractivity contribution >= 4 is 22.7 Å². The Kier molecular flexibility index (Phi) is 2.16. The highest BCUT2D eigenvalue weighted by Crippen LogP contribution is 2.24. The molecular formula is C12H10FN5. The first-order valence-corrected chi connectivity index (χ1v) is 5.31. The molecule has 0 saturated heterocycles. The lowest BCUT2D eigenvalue weighted by atomic mass is 10.2. The minimum Gasteiger partial charge on any atom is -0.399 e. The first-order chi connectivity index (χ1) is 8.63. The van der Waals surface area contributed by atoms with Crippen LogP contribution in [0.5, 0.6) is 0 Å². The molecule has 18 heavy (non-hydrogen) atoms. The normalized spacial score (nSPS) is 10.9. The summed E-state index contributed by atoms with van der Waals surface area (Å²) in [5.41, 5.74) is 12.9. The van der Waals surface area contributed by atoms with Crippen LogP contribution in [0.1, 0.15) is 0 Å². The Morgan fingerprint density at radius 1 is 1.06 bits per heavy atom. The van der Waals surface area contributed by atoms with Crippen molar-refractivity contribution < 1.29 is 4.39 Å². The van der Waals surface area contributed by atoms with Gasteiger partial charge in [0.25, 0.3) is 0 Å². The molecule has 2 aromatic heterocycles. The zero-order valence-electron chi connectivity index (χ0n) is 9.31. The van der Waals surface area contributed by atoms with Crippen LogP contribution in [0, 0.1) is 5.82 Å². The number of H-pyrrole nitrogens is 1. The minimum atomic E-state index is -0.429. The summed E-state index contributed by atoms with van der Waals surface area (Å²) in [6, 6.07) is 7.86. The van der Waals surface area contributed by atoms with E-state index in [-0.39, 0.29) is 0 Å². The van der Waals surface area contributed by atoms with Crippen molar-refractivity contribution in [2.75, 3.05) is 11.5 Å². The number of aromatic nitrogens is 3. The summed E-state index contributed by atoms with van der Waals surface area (Å²) in [6.07, 6.45) is 0. The van der Waals surface area contributed by atoms with Crippen LogP contribution in [0.3, 0.4) is 0 Å². The zero-order chi connectivity index (χ0) is 12.7. The topological polar surface area (TPSA) is 93.6 Å². The highest BCUT2D eigenvalue weighted by atomic mass is 19.1. The maximum absolute atomic E-state index is 13.8. The van der Waals surface area contributed by atoms with Crippen molar-refractivity contribution in [3.63, 3.8) is 0 Å². The molecule has 0 unspecified atom stereocenters. The molecule has 3 rings (SSSR count). The van der Waals surface area contributed by atoms with E-state index >= 15 is 0 Å². The number of benzene rings is 1. The molecule has 5 N–H and O–H groups in total. The third kappa shape index (κ3) is 1.64. The van der Waals surface area contributed by atoms with E-state index in [1.807, 2.05) is 0 Å². The predicted octanol–water partition coefficient (Wildman–Crippen LogP) is 1.93. The maximum Gasteiger partial charge on any atom is 0.180 e. The largest absolute Gasteiger partial charge is 0.399 e. The number of halogens is 1. The third-order valence-corrected chi connectivity index (χ3v) is 2.62. The van der Waals surface area contributed by atoms with Gasteiger partial charge in [0.05, 0.1) is 11.1 Å². The van der Waals surface area contributed by atoms with Gasteiger partial charge in [0.1, 0.15) is 17.5 Å². The number of anilines is 2. The summed E-state index contributed by atoms with van der Waals surface area (Å²) in [5.74, 6) is 0.348. The van der Waals surface area contributed by atoms with Gasteiger partial charge >= 0.3 is 0 Å². The Hall–Kier alpha value is -2.63. The molecule has 2 heterocycles. The molecule has 0 aliphatic heterocycles. The molecule has 0 amide bonds. The van der Waals surface area contributed by atoms with Crippen LogP contribution in [-0.2, 0) is 0 Å². The van der Waals surface area contributed by atoms with E-state index in [4.69, 9.17) is 11.5 Å². The standard InChI is InChI=1S/C12H10FN5/c13-8-5-6(14)1-2-7(8)11-16-9-3-4-10(15)17-12(9)18-11/h1-5H,14H2,(H3,15,16,17,18). The number of rotatable bonds is 1. The van der Waals surface area contributed by atoms with E-state index < -0.39 is 5.82 Å². The second kappa shape index (κ2) is 3.69. The minimum absolute atomic E-state index is 0.348. The number of nitrogen functional groups attached to an aromatic ring is 2. The fourth-order valence-electron chi connectivity index (χ4n) is 1.76. The van der Waals surface area contributed by atoms with Crippen LogP contribution >= 0.6 is 0 Å². The number of hydrogen-bond donors (Lipinski definition) is 3. The molecule has 5 nitrogen and oxygen atoms in total. The van der Waals surface area contributed by atoms with E-state index in [2.05, 4.69) is 15.0 Å². The fourth-order valence-corrected chi connectivity index (χ4v) is 1.76. The highest BCUT2D eigenvalue weighted by molar-refractivity contribution is 5.77. The van der Waals surface area contributed by atoms with Gasteiger partial charge in [0, 0.05) is 5.69 Å². The number of nitrogens with one attached hydrogen (secondary N) is 1. The SMILES string of the molecule is Nc1ccc(-c2nc3nc(N)ccc3[nH]2)c(F)c1. The Balaban J connectivity index is 2.19. The Morgan fingerprint density at radius 3 is 2.67 bits per heavy atom. The lowest BCUT2D eigenvalue weighted by Crippen LogP contribution is -1.90. The quantitative estimate of drug-likeness (QED) is 0.569. The number of imidazole rings is 1. The maximum atomic E-state index is 13.8. The fraction of sp³-hybridized carbons (Fsp3) is 0. The second-order valence-electron chi connectivity index (χ2n) is 3.93. The number of pyridine rings is 1. The summed E-state index contributed by atoms with van der Waals surface area (Å²) in [7, 11) is 0.